The molecule has 0 aromatic carbocycles. The molecule has 0 nitrogen and oxygen atoms in total. The van der Waals surface area contributed by atoms with Gasteiger partial charge in [0.2, 0.25) is 0 Å². The van der Waals surface area contributed by atoms with E-state index in [4.69, 9.17) is 0 Å². The number of hydrogen-bond acceptors (Lipinski definition) is 0. The largest absolute Gasteiger partial charge is 0.0853 e. The normalized spacial score (nSPS) is 70.2. The zero-order valence-electron chi connectivity index (χ0n) is 11.6. The van der Waals surface area contributed by atoms with Gasteiger partial charge < -0.3 is 0 Å². The van der Waals surface area contributed by atoms with E-state index in [0.29, 0.717) is 28.1 Å². The first-order valence-electron chi connectivity index (χ1n) is 8.00. The molecule has 0 radical (unpaired) electrons. The molecule has 2 spiro atoms. The number of fused-ring (bicyclic) bond motifs is 3. The molecule has 0 unspecified atom stereocenters. The van der Waals surface area contributed by atoms with E-state index in [-0.39, 0.29) is 0 Å². The summed E-state index contributed by atoms with van der Waals surface area (Å²) in [6.07, 6.45) is 13.9. The highest BCUT2D eigenvalue weighted by atomic mass is 79.9. The van der Waals surface area contributed by atoms with Crippen molar-refractivity contribution in [1.29, 1.82) is 0 Å². The summed E-state index contributed by atoms with van der Waals surface area (Å²) in [5, 5.41) is 0. The molecule has 4 heteroatoms. The van der Waals surface area contributed by atoms with Gasteiger partial charge in [-0.3, -0.25) is 0 Å². The molecular weight excluding hydrogens is 512 g/mol. The summed E-state index contributed by atoms with van der Waals surface area (Å²) in [6, 6.07) is 0. The number of halogens is 4. The summed E-state index contributed by atoms with van der Waals surface area (Å²) in [5.41, 5.74) is 1.09. The summed E-state index contributed by atoms with van der Waals surface area (Å²) in [7, 11) is 0. The van der Waals surface area contributed by atoms with Crippen molar-refractivity contribution >= 4 is 63.7 Å². The molecule has 0 aliphatic heterocycles. The molecule has 5 fully saturated rings. The molecule has 0 heterocycles. The predicted molar refractivity (Wildman–Crippen MR) is 97.7 cm³/mol. The lowest BCUT2D eigenvalue weighted by atomic mass is 9.37. The smallest absolute Gasteiger partial charge is 0.0492 e. The van der Waals surface area contributed by atoms with Crippen LogP contribution in [-0.4, -0.2) is 17.3 Å². The van der Waals surface area contributed by atoms with E-state index in [0.717, 1.165) is 0 Å². The summed E-state index contributed by atoms with van der Waals surface area (Å²) < 4.78 is 1.49. The van der Waals surface area contributed by atoms with Crippen molar-refractivity contribution in [3.8, 4) is 0 Å². The Kier molecular flexibility index (Phi) is 2.58. The maximum absolute atomic E-state index is 4.35. The van der Waals surface area contributed by atoms with Crippen LogP contribution in [0.25, 0.3) is 0 Å². The standard InChI is InChI=1S/C16H20Br4/c17-11-3-1-5-13(7-11)14-6-2-4-12(18,8-14)10-16(14,20)15(13,19)9-11/h1-10H2/t11-,12+,13-,14+,15+,16-. The highest BCUT2D eigenvalue weighted by Gasteiger charge is 2.92. The van der Waals surface area contributed by atoms with Gasteiger partial charge in [-0.2, -0.15) is 0 Å². The Bertz CT molecular complexity index is 477. The zero-order valence-corrected chi connectivity index (χ0v) is 17.9. The van der Waals surface area contributed by atoms with Crippen molar-refractivity contribution in [1.82, 2.24) is 0 Å². The van der Waals surface area contributed by atoms with Crippen molar-refractivity contribution in [2.75, 3.05) is 0 Å². The molecule has 0 amide bonds. The van der Waals surface area contributed by atoms with Crippen LogP contribution in [0, 0.1) is 10.8 Å². The van der Waals surface area contributed by atoms with Gasteiger partial charge in [0.05, 0.1) is 0 Å². The van der Waals surface area contributed by atoms with Crippen LogP contribution in [0.4, 0.5) is 0 Å². The highest BCUT2D eigenvalue weighted by molar-refractivity contribution is 9.13. The molecule has 0 aromatic rings. The molecule has 20 heavy (non-hydrogen) atoms. The van der Waals surface area contributed by atoms with Crippen LogP contribution in [0.1, 0.15) is 64.2 Å². The minimum absolute atomic E-state index is 0.326. The van der Waals surface area contributed by atoms with E-state index in [1.807, 2.05) is 0 Å². The second-order valence-electron chi connectivity index (χ2n) is 8.48. The Morgan fingerprint density at radius 3 is 1.30 bits per heavy atom. The number of hydrogen-bond donors (Lipinski definition) is 0. The molecule has 5 aliphatic rings. The van der Waals surface area contributed by atoms with Gasteiger partial charge in [0.25, 0.3) is 0 Å². The van der Waals surface area contributed by atoms with Crippen LogP contribution in [-0.2, 0) is 0 Å². The number of alkyl halides is 4. The Labute approximate surface area is 155 Å². The lowest BCUT2D eigenvalue weighted by molar-refractivity contribution is -0.141. The summed E-state index contributed by atoms with van der Waals surface area (Å²) in [6.45, 7) is 0. The van der Waals surface area contributed by atoms with Gasteiger partial charge in [0, 0.05) is 17.3 Å². The van der Waals surface area contributed by atoms with Crippen LogP contribution < -0.4 is 0 Å². The average Bonchev–Trinajstić information content (AvgIpc) is 2.61. The third-order valence-corrected chi connectivity index (χ3v) is 13.8. The molecule has 112 valence electrons. The quantitative estimate of drug-likeness (QED) is 0.315. The molecule has 5 rings (SSSR count). The van der Waals surface area contributed by atoms with Crippen LogP contribution in [0.3, 0.4) is 0 Å². The lowest BCUT2D eigenvalue weighted by Gasteiger charge is -2.75. The van der Waals surface area contributed by atoms with E-state index in [2.05, 4.69) is 63.7 Å². The minimum atomic E-state index is 0.326. The van der Waals surface area contributed by atoms with E-state index in [1.54, 1.807) is 0 Å². The maximum atomic E-state index is 4.35. The molecule has 5 saturated carbocycles. The predicted octanol–water partition coefficient (Wildman–Crippen LogP) is 6.46. The average molecular weight is 532 g/mol. The first-order chi connectivity index (χ1) is 9.24. The van der Waals surface area contributed by atoms with Gasteiger partial charge in [0.15, 0.2) is 0 Å². The van der Waals surface area contributed by atoms with E-state index in [1.165, 1.54) is 64.2 Å². The fourth-order valence-corrected chi connectivity index (χ4v) is 14.3. The molecule has 6 atom stereocenters. The maximum Gasteiger partial charge on any atom is 0.0492 e. The van der Waals surface area contributed by atoms with Crippen LogP contribution >= 0.6 is 63.7 Å². The highest BCUT2D eigenvalue weighted by Crippen LogP contribution is 2.93. The van der Waals surface area contributed by atoms with Crippen LogP contribution in [0.5, 0.6) is 0 Å². The molecule has 0 N–H and O–H groups in total. The first kappa shape index (κ1) is 14.3. The van der Waals surface area contributed by atoms with Gasteiger partial charge in [0.1, 0.15) is 0 Å². The van der Waals surface area contributed by atoms with E-state index < -0.39 is 0 Å². The molecule has 0 saturated heterocycles. The molecular formula is C16H20Br4. The monoisotopic (exact) mass is 528 g/mol. The van der Waals surface area contributed by atoms with Crippen LogP contribution in [0.2, 0.25) is 0 Å². The molecule has 5 aliphatic carbocycles. The molecule has 4 bridgehead atoms. The van der Waals surface area contributed by atoms with Gasteiger partial charge in [-0.15, -0.1) is 0 Å². The number of rotatable bonds is 0. The SMILES string of the molecule is Br[C@@]12CCC[C@@]3(C1)[C@](Br)(C2)[C@]1(Br)C[C@@]2(Br)CCC[C@]13C2. The van der Waals surface area contributed by atoms with E-state index >= 15 is 0 Å². The Hall–Kier alpha value is 1.92. The third kappa shape index (κ3) is 1.17. The van der Waals surface area contributed by atoms with Crippen molar-refractivity contribution in [2.45, 2.75) is 81.5 Å². The minimum Gasteiger partial charge on any atom is -0.0853 e. The first-order valence-corrected chi connectivity index (χ1v) is 11.2. The van der Waals surface area contributed by atoms with Gasteiger partial charge in [-0.25, -0.2) is 0 Å². The van der Waals surface area contributed by atoms with Crippen molar-refractivity contribution in [3.63, 3.8) is 0 Å². The fraction of sp³-hybridized carbons (Fsp3) is 1.00. The van der Waals surface area contributed by atoms with E-state index in [9.17, 15) is 0 Å². The van der Waals surface area contributed by atoms with Crippen molar-refractivity contribution < 1.29 is 0 Å². The summed E-state index contributed by atoms with van der Waals surface area (Å²) in [4.78, 5) is 0. The fourth-order valence-electron chi connectivity index (χ4n) is 7.59. The third-order valence-electron chi connectivity index (χ3n) is 7.88. The second kappa shape index (κ2) is 3.61. The van der Waals surface area contributed by atoms with Gasteiger partial charge >= 0.3 is 0 Å². The Balaban J connectivity index is 1.73. The van der Waals surface area contributed by atoms with Crippen LogP contribution in [0.15, 0.2) is 0 Å². The lowest BCUT2D eigenvalue weighted by Crippen LogP contribution is -2.78. The van der Waals surface area contributed by atoms with Gasteiger partial charge in [-0.05, 0) is 62.2 Å². The second-order valence-corrected chi connectivity index (χ2v) is 14.6. The van der Waals surface area contributed by atoms with Gasteiger partial charge in [-0.1, -0.05) is 76.6 Å². The Morgan fingerprint density at radius 2 is 0.900 bits per heavy atom. The summed E-state index contributed by atoms with van der Waals surface area (Å²) in [5.74, 6) is 0. The van der Waals surface area contributed by atoms with Crippen molar-refractivity contribution in [2.24, 2.45) is 10.8 Å². The topological polar surface area (TPSA) is 0 Å². The Morgan fingerprint density at radius 1 is 0.500 bits per heavy atom. The van der Waals surface area contributed by atoms with Crippen molar-refractivity contribution in [3.05, 3.63) is 0 Å². The molecule has 0 aromatic heterocycles. The summed E-state index contributed by atoms with van der Waals surface area (Å²) >= 11 is 17.0. The zero-order chi connectivity index (χ0) is 14.1.